The SMILES string of the molecule is C[C@H](O)CCC(C)(C)CO. The van der Waals surface area contributed by atoms with Gasteiger partial charge in [-0.2, -0.15) is 0 Å². The average molecular weight is 146 g/mol. The second-order valence-electron chi connectivity index (χ2n) is 3.71. The Morgan fingerprint density at radius 2 is 1.90 bits per heavy atom. The summed E-state index contributed by atoms with van der Waals surface area (Å²) in [6.45, 7) is 5.96. The highest BCUT2D eigenvalue weighted by molar-refractivity contribution is 4.67. The molecule has 2 nitrogen and oxygen atoms in total. The van der Waals surface area contributed by atoms with Crippen molar-refractivity contribution in [3.05, 3.63) is 0 Å². The summed E-state index contributed by atoms with van der Waals surface area (Å²) in [4.78, 5) is 0. The standard InChI is InChI=1S/C8H18O2/c1-7(10)4-5-8(2,3)6-9/h7,9-10H,4-6H2,1-3H3/t7-/m0/s1. The molecule has 0 saturated heterocycles. The number of aliphatic hydroxyl groups is 2. The molecule has 0 aliphatic rings. The Kier molecular flexibility index (Phi) is 3.91. The molecule has 0 unspecified atom stereocenters. The van der Waals surface area contributed by atoms with E-state index in [-0.39, 0.29) is 18.1 Å². The number of rotatable bonds is 4. The van der Waals surface area contributed by atoms with E-state index >= 15 is 0 Å². The van der Waals surface area contributed by atoms with Gasteiger partial charge < -0.3 is 10.2 Å². The lowest BCUT2D eigenvalue weighted by Crippen LogP contribution is -2.18. The van der Waals surface area contributed by atoms with Crippen molar-refractivity contribution in [2.24, 2.45) is 5.41 Å². The maximum atomic E-state index is 8.93. The Morgan fingerprint density at radius 3 is 2.20 bits per heavy atom. The van der Waals surface area contributed by atoms with Gasteiger partial charge in [0.1, 0.15) is 0 Å². The van der Waals surface area contributed by atoms with Crippen LogP contribution in [0.4, 0.5) is 0 Å². The molecule has 0 radical (unpaired) electrons. The summed E-state index contributed by atoms with van der Waals surface area (Å²) in [6, 6.07) is 0. The van der Waals surface area contributed by atoms with Gasteiger partial charge in [-0.1, -0.05) is 13.8 Å². The van der Waals surface area contributed by atoms with Crippen LogP contribution in [-0.2, 0) is 0 Å². The summed E-state index contributed by atoms with van der Waals surface area (Å²) in [5.41, 5.74) is -0.0308. The fraction of sp³-hybridized carbons (Fsp3) is 1.00. The van der Waals surface area contributed by atoms with E-state index in [9.17, 15) is 0 Å². The fourth-order valence-electron chi connectivity index (χ4n) is 0.679. The molecule has 1 atom stereocenters. The van der Waals surface area contributed by atoms with E-state index < -0.39 is 0 Å². The Labute approximate surface area is 62.9 Å². The quantitative estimate of drug-likeness (QED) is 0.625. The largest absolute Gasteiger partial charge is 0.396 e. The first-order valence-electron chi connectivity index (χ1n) is 3.77. The molecule has 2 heteroatoms. The first-order chi connectivity index (χ1) is 4.48. The molecule has 0 spiro atoms. The van der Waals surface area contributed by atoms with E-state index in [2.05, 4.69) is 0 Å². The van der Waals surface area contributed by atoms with Crippen LogP contribution in [0.3, 0.4) is 0 Å². The van der Waals surface area contributed by atoms with Crippen LogP contribution in [0, 0.1) is 5.41 Å². The van der Waals surface area contributed by atoms with Crippen molar-refractivity contribution in [3.63, 3.8) is 0 Å². The topological polar surface area (TPSA) is 40.5 Å². The van der Waals surface area contributed by atoms with Crippen molar-refractivity contribution in [2.75, 3.05) is 6.61 Å². The molecule has 0 rings (SSSR count). The number of hydrogen-bond donors (Lipinski definition) is 2. The molecule has 0 amide bonds. The van der Waals surface area contributed by atoms with Gasteiger partial charge in [-0.25, -0.2) is 0 Å². The molecular formula is C8H18O2. The highest BCUT2D eigenvalue weighted by atomic mass is 16.3. The Balaban J connectivity index is 3.46. The smallest absolute Gasteiger partial charge is 0.0512 e. The van der Waals surface area contributed by atoms with Gasteiger partial charge in [-0.3, -0.25) is 0 Å². The highest BCUT2D eigenvalue weighted by Gasteiger charge is 2.16. The fourth-order valence-corrected chi connectivity index (χ4v) is 0.679. The average Bonchev–Trinajstić information content (AvgIpc) is 1.85. The zero-order valence-corrected chi connectivity index (χ0v) is 7.09. The lowest BCUT2D eigenvalue weighted by molar-refractivity contribution is 0.115. The zero-order valence-electron chi connectivity index (χ0n) is 7.09. The first-order valence-corrected chi connectivity index (χ1v) is 3.77. The van der Waals surface area contributed by atoms with Gasteiger partial charge in [0.15, 0.2) is 0 Å². The molecule has 0 heterocycles. The summed E-state index contributed by atoms with van der Waals surface area (Å²) in [6.07, 6.45) is 1.40. The third kappa shape index (κ3) is 4.77. The monoisotopic (exact) mass is 146 g/mol. The van der Waals surface area contributed by atoms with E-state index in [1.54, 1.807) is 6.92 Å². The Morgan fingerprint density at radius 1 is 1.40 bits per heavy atom. The zero-order chi connectivity index (χ0) is 8.20. The molecule has 0 saturated carbocycles. The predicted molar refractivity (Wildman–Crippen MR) is 41.8 cm³/mol. The maximum Gasteiger partial charge on any atom is 0.0512 e. The third-order valence-corrected chi connectivity index (χ3v) is 1.67. The number of aliphatic hydroxyl groups excluding tert-OH is 2. The summed E-state index contributed by atoms with van der Waals surface area (Å²) in [7, 11) is 0. The molecule has 0 aromatic carbocycles. The summed E-state index contributed by atoms with van der Waals surface area (Å²) < 4.78 is 0. The van der Waals surface area contributed by atoms with Gasteiger partial charge in [0.05, 0.1) is 6.10 Å². The summed E-state index contributed by atoms with van der Waals surface area (Å²) >= 11 is 0. The van der Waals surface area contributed by atoms with Crippen molar-refractivity contribution >= 4 is 0 Å². The van der Waals surface area contributed by atoms with Crippen molar-refractivity contribution in [3.8, 4) is 0 Å². The van der Waals surface area contributed by atoms with Gasteiger partial charge in [-0.05, 0) is 25.2 Å². The maximum absolute atomic E-state index is 8.93. The van der Waals surface area contributed by atoms with Crippen molar-refractivity contribution in [1.82, 2.24) is 0 Å². The second-order valence-corrected chi connectivity index (χ2v) is 3.71. The van der Waals surface area contributed by atoms with Gasteiger partial charge in [0.2, 0.25) is 0 Å². The van der Waals surface area contributed by atoms with Crippen LogP contribution in [0.2, 0.25) is 0 Å². The summed E-state index contributed by atoms with van der Waals surface area (Å²) in [5, 5.41) is 17.8. The van der Waals surface area contributed by atoms with Crippen LogP contribution in [0.1, 0.15) is 33.6 Å². The molecular weight excluding hydrogens is 128 g/mol. The van der Waals surface area contributed by atoms with Gasteiger partial charge in [0, 0.05) is 6.61 Å². The van der Waals surface area contributed by atoms with Gasteiger partial charge in [-0.15, -0.1) is 0 Å². The van der Waals surface area contributed by atoms with Crippen LogP contribution in [0.15, 0.2) is 0 Å². The molecule has 10 heavy (non-hydrogen) atoms. The van der Waals surface area contributed by atoms with Gasteiger partial charge >= 0.3 is 0 Å². The molecule has 0 aromatic heterocycles. The van der Waals surface area contributed by atoms with E-state index in [1.807, 2.05) is 13.8 Å². The normalized spacial score (nSPS) is 15.3. The predicted octanol–water partition coefficient (Wildman–Crippen LogP) is 1.17. The van der Waals surface area contributed by atoms with Crippen LogP contribution < -0.4 is 0 Å². The lowest BCUT2D eigenvalue weighted by Gasteiger charge is -2.21. The molecule has 0 aliphatic carbocycles. The van der Waals surface area contributed by atoms with Crippen molar-refractivity contribution in [1.29, 1.82) is 0 Å². The van der Waals surface area contributed by atoms with Crippen LogP contribution in [0.5, 0.6) is 0 Å². The Bertz CT molecular complexity index is 87.3. The summed E-state index contributed by atoms with van der Waals surface area (Å²) in [5.74, 6) is 0. The lowest BCUT2D eigenvalue weighted by atomic mass is 9.88. The van der Waals surface area contributed by atoms with Crippen LogP contribution in [-0.4, -0.2) is 22.9 Å². The van der Waals surface area contributed by atoms with Gasteiger partial charge in [0.25, 0.3) is 0 Å². The van der Waals surface area contributed by atoms with E-state index in [1.165, 1.54) is 0 Å². The minimum Gasteiger partial charge on any atom is -0.396 e. The highest BCUT2D eigenvalue weighted by Crippen LogP contribution is 2.21. The molecule has 0 aliphatic heterocycles. The number of hydrogen-bond acceptors (Lipinski definition) is 2. The minimum atomic E-state index is -0.245. The van der Waals surface area contributed by atoms with E-state index in [0.29, 0.717) is 0 Å². The van der Waals surface area contributed by atoms with E-state index in [0.717, 1.165) is 12.8 Å². The van der Waals surface area contributed by atoms with Crippen LogP contribution >= 0.6 is 0 Å². The molecule has 0 aromatic rings. The molecule has 2 N–H and O–H groups in total. The minimum absolute atomic E-state index is 0.0308. The second kappa shape index (κ2) is 3.94. The van der Waals surface area contributed by atoms with E-state index in [4.69, 9.17) is 10.2 Å². The van der Waals surface area contributed by atoms with Crippen molar-refractivity contribution < 1.29 is 10.2 Å². The van der Waals surface area contributed by atoms with Crippen LogP contribution in [0.25, 0.3) is 0 Å². The molecule has 62 valence electrons. The molecule has 0 bridgehead atoms. The third-order valence-electron chi connectivity index (χ3n) is 1.67. The van der Waals surface area contributed by atoms with Crippen molar-refractivity contribution in [2.45, 2.75) is 39.7 Å². The Hall–Kier alpha value is -0.0800. The first kappa shape index (κ1) is 9.92. The molecule has 0 fully saturated rings.